The van der Waals surface area contributed by atoms with Gasteiger partial charge in [0.15, 0.2) is 0 Å². The Hall–Kier alpha value is -4.19. The highest BCUT2D eigenvalue weighted by Gasteiger charge is 2.28. The third kappa shape index (κ3) is 4.15. The van der Waals surface area contributed by atoms with Gasteiger partial charge in [0, 0.05) is 5.69 Å². The Morgan fingerprint density at radius 3 is 2.55 bits per heavy atom. The number of rotatable bonds is 5. The zero-order valence-corrected chi connectivity index (χ0v) is 18.5. The van der Waals surface area contributed by atoms with Crippen molar-refractivity contribution in [3.63, 3.8) is 0 Å². The molecule has 2 amide bonds. The number of hydrogen-bond donors (Lipinski definition) is 3. The molecule has 2 aromatic heterocycles. The number of primary amides is 1. The minimum absolute atomic E-state index is 0.0552. The summed E-state index contributed by atoms with van der Waals surface area (Å²) in [6.45, 7) is 4.07. The number of pyridine rings is 1. The molecule has 0 spiro atoms. The second kappa shape index (κ2) is 8.74. The summed E-state index contributed by atoms with van der Waals surface area (Å²) in [4.78, 5) is 40.7. The first-order valence-electron chi connectivity index (χ1n) is 10.7. The molecule has 1 aliphatic carbocycles. The fourth-order valence-electron chi connectivity index (χ4n) is 4.33. The molecule has 4 N–H and O–H groups in total. The van der Waals surface area contributed by atoms with Crippen LogP contribution in [0.2, 0.25) is 0 Å². The molecule has 1 aliphatic rings. The van der Waals surface area contributed by atoms with Gasteiger partial charge in [-0.25, -0.2) is 0 Å². The lowest BCUT2D eigenvalue weighted by molar-refractivity contribution is 0.0974. The van der Waals surface area contributed by atoms with E-state index in [9.17, 15) is 14.4 Å². The molecule has 1 aromatic carbocycles. The zero-order valence-electron chi connectivity index (χ0n) is 18.5. The number of nitrogens with zero attached hydrogens (tertiary/aromatic N) is 3. The van der Waals surface area contributed by atoms with Crippen molar-refractivity contribution in [3.05, 3.63) is 79.5 Å². The molecule has 0 aliphatic heterocycles. The smallest absolute Gasteiger partial charge is 0.261 e. The van der Waals surface area contributed by atoms with Gasteiger partial charge in [0.2, 0.25) is 0 Å². The van der Waals surface area contributed by atoms with Gasteiger partial charge in [-0.2, -0.15) is 10.4 Å². The van der Waals surface area contributed by atoms with E-state index in [2.05, 4.69) is 21.5 Å². The molecule has 2 heterocycles. The van der Waals surface area contributed by atoms with Crippen LogP contribution in [0.15, 0.2) is 29.1 Å². The summed E-state index contributed by atoms with van der Waals surface area (Å²) >= 11 is 0. The van der Waals surface area contributed by atoms with Crippen molar-refractivity contribution in [2.75, 3.05) is 5.32 Å². The maximum atomic E-state index is 13.4. The summed E-state index contributed by atoms with van der Waals surface area (Å²) in [6, 6.07) is 9.29. The highest BCUT2D eigenvalue weighted by molar-refractivity contribution is 6.13. The Kier molecular flexibility index (Phi) is 5.84. The minimum atomic E-state index is -0.931. The third-order valence-corrected chi connectivity index (χ3v) is 6.02. The van der Waals surface area contributed by atoms with E-state index in [1.807, 2.05) is 19.1 Å². The number of anilines is 1. The number of aryl methyl sites for hydroxylation is 2. The number of nitrogens with one attached hydrogen (secondary N) is 2. The van der Waals surface area contributed by atoms with Crippen LogP contribution in [0.5, 0.6) is 0 Å². The van der Waals surface area contributed by atoms with E-state index in [-0.39, 0.29) is 11.1 Å². The van der Waals surface area contributed by atoms with Crippen molar-refractivity contribution in [1.29, 1.82) is 5.26 Å². The third-order valence-electron chi connectivity index (χ3n) is 6.02. The predicted molar refractivity (Wildman–Crippen MR) is 122 cm³/mol. The van der Waals surface area contributed by atoms with E-state index < -0.39 is 17.4 Å². The molecule has 0 bridgehead atoms. The summed E-state index contributed by atoms with van der Waals surface area (Å²) in [7, 11) is 0. The molecule has 9 nitrogen and oxygen atoms in total. The number of carbonyl (C=O) groups is 2. The summed E-state index contributed by atoms with van der Waals surface area (Å²) in [5.41, 5.74) is 9.32. The van der Waals surface area contributed by atoms with Gasteiger partial charge in [-0.15, -0.1) is 0 Å². The summed E-state index contributed by atoms with van der Waals surface area (Å²) in [6.07, 6.45) is 2.99. The second-order valence-corrected chi connectivity index (χ2v) is 8.20. The standard InChI is InChI=1S/C24H24N6O3/c1-13-21(14(2)30(29-13)12-16-9-7-15(11-25)8-10-16)28-23(32)19-17-5-3-4-6-18(17)27-24(33)20(19)22(26)31/h7-10H,3-6,12H2,1-2H3,(H2,26,31)(H,27,33)(H,28,32). The van der Waals surface area contributed by atoms with Crippen LogP contribution in [0.1, 0.15) is 67.3 Å². The van der Waals surface area contributed by atoms with Crippen LogP contribution in [0.3, 0.4) is 0 Å². The van der Waals surface area contributed by atoms with Gasteiger partial charge in [0.25, 0.3) is 17.4 Å². The van der Waals surface area contributed by atoms with Crippen LogP contribution < -0.4 is 16.6 Å². The Labute approximate surface area is 190 Å². The monoisotopic (exact) mass is 444 g/mol. The predicted octanol–water partition coefficient (Wildman–Crippen LogP) is 2.34. The highest BCUT2D eigenvalue weighted by atomic mass is 16.2. The van der Waals surface area contributed by atoms with E-state index in [0.717, 1.165) is 24.1 Å². The van der Waals surface area contributed by atoms with Gasteiger partial charge in [-0.3, -0.25) is 19.1 Å². The average molecular weight is 444 g/mol. The van der Waals surface area contributed by atoms with Crippen molar-refractivity contribution >= 4 is 17.5 Å². The molecule has 9 heteroatoms. The van der Waals surface area contributed by atoms with Crippen molar-refractivity contribution in [2.45, 2.75) is 46.1 Å². The number of H-pyrrole nitrogens is 1. The molecule has 0 atom stereocenters. The summed E-state index contributed by atoms with van der Waals surface area (Å²) < 4.78 is 1.76. The first-order valence-corrected chi connectivity index (χ1v) is 10.7. The highest BCUT2D eigenvalue weighted by Crippen LogP contribution is 2.26. The average Bonchev–Trinajstić information content (AvgIpc) is 3.05. The maximum Gasteiger partial charge on any atom is 0.261 e. The van der Waals surface area contributed by atoms with Gasteiger partial charge in [0.05, 0.1) is 40.8 Å². The number of nitriles is 1. The van der Waals surface area contributed by atoms with Crippen LogP contribution >= 0.6 is 0 Å². The van der Waals surface area contributed by atoms with Crippen LogP contribution in [0, 0.1) is 25.2 Å². The number of benzene rings is 1. The van der Waals surface area contributed by atoms with Gasteiger partial charge >= 0.3 is 0 Å². The van der Waals surface area contributed by atoms with Gasteiger partial charge in [-0.1, -0.05) is 12.1 Å². The number of hydrogen-bond acceptors (Lipinski definition) is 5. The molecule has 0 fully saturated rings. The largest absolute Gasteiger partial charge is 0.365 e. The first kappa shape index (κ1) is 22.0. The van der Waals surface area contributed by atoms with Crippen molar-refractivity contribution in [2.24, 2.45) is 5.73 Å². The quantitative estimate of drug-likeness (QED) is 0.553. The molecule has 3 aromatic rings. The molecule has 0 saturated heterocycles. The fourth-order valence-corrected chi connectivity index (χ4v) is 4.33. The van der Waals surface area contributed by atoms with Crippen LogP contribution in [-0.4, -0.2) is 26.6 Å². The lowest BCUT2D eigenvalue weighted by Gasteiger charge is -2.20. The molecular formula is C24H24N6O3. The van der Waals surface area contributed by atoms with Gasteiger partial charge in [-0.05, 0) is 62.8 Å². The fraction of sp³-hybridized carbons (Fsp3) is 0.292. The maximum absolute atomic E-state index is 13.4. The van der Waals surface area contributed by atoms with E-state index in [0.29, 0.717) is 47.6 Å². The lowest BCUT2D eigenvalue weighted by atomic mass is 9.89. The van der Waals surface area contributed by atoms with Crippen LogP contribution in [0.4, 0.5) is 5.69 Å². The number of carbonyl (C=O) groups excluding carboxylic acids is 2. The Morgan fingerprint density at radius 1 is 1.18 bits per heavy atom. The van der Waals surface area contributed by atoms with E-state index in [1.54, 1.807) is 23.7 Å². The zero-order chi connectivity index (χ0) is 23.7. The molecule has 4 rings (SSSR count). The number of nitrogens with two attached hydrogens (primary N) is 1. The van der Waals surface area contributed by atoms with E-state index >= 15 is 0 Å². The van der Waals surface area contributed by atoms with E-state index in [4.69, 9.17) is 11.0 Å². The number of aromatic nitrogens is 3. The van der Waals surface area contributed by atoms with E-state index in [1.165, 1.54) is 0 Å². The SMILES string of the molecule is Cc1nn(Cc2ccc(C#N)cc2)c(C)c1NC(=O)c1c2c([nH]c(=O)c1C(N)=O)CCCC2. The van der Waals surface area contributed by atoms with Crippen LogP contribution in [-0.2, 0) is 19.4 Å². The Bertz CT molecular complexity index is 1360. The molecule has 33 heavy (non-hydrogen) atoms. The number of amides is 2. The van der Waals surface area contributed by atoms with Crippen molar-refractivity contribution < 1.29 is 9.59 Å². The second-order valence-electron chi connectivity index (χ2n) is 8.20. The first-order chi connectivity index (χ1) is 15.8. The number of aromatic amines is 1. The molecule has 168 valence electrons. The molecular weight excluding hydrogens is 420 g/mol. The normalized spacial score (nSPS) is 12.6. The van der Waals surface area contributed by atoms with Crippen LogP contribution in [0.25, 0.3) is 0 Å². The van der Waals surface area contributed by atoms with Gasteiger partial charge in [0.1, 0.15) is 5.56 Å². The van der Waals surface area contributed by atoms with Crippen molar-refractivity contribution in [1.82, 2.24) is 14.8 Å². The topological polar surface area (TPSA) is 147 Å². The van der Waals surface area contributed by atoms with Crippen molar-refractivity contribution in [3.8, 4) is 6.07 Å². The minimum Gasteiger partial charge on any atom is -0.365 e. The Balaban J connectivity index is 1.68. The summed E-state index contributed by atoms with van der Waals surface area (Å²) in [5.74, 6) is -1.48. The molecule has 0 unspecified atom stereocenters. The molecule has 0 radical (unpaired) electrons. The summed E-state index contributed by atoms with van der Waals surface area (Å²) in [5, 5.41) is 16.4. The Morgan fingerprint density at radius 2 is 1.88 bits per heavy atom. The van der Waals surface area contributed by atoms with Gasteiger partial charge < -0.3 is 16.0 Å². The molecule has 0 saturated carbocycles. The number of fused-ring (bicyclic) bond motifs is 1. The lowest BCUT2D eigenvalue weighted by Crippen LogP contribution is -2.33.